The van der Waals surface area contributed by atoms with Crippen molar-refractivity contribution < 1.29 is 5.11 Å². The molecule has 0 aromatic carbocycles. The molecule has 1 aliphatic rings. The van der Waals surface area contributed by atoms with Crippen LogP contribution in [-0.2, 0) is 0 Å². The number of aliphatic hydroxyl groups is 1. The Labute approximate surface area is 60.9 Å². The third-order valence-corrected chi connectivity index (χ3v) is 2.08. The van der Waals surface area contributed by atoms with Crippen molar-refractivity contribution in [1.82, 2.24) is 4.90 Å². The molecule has 0 aromatic heterocycles. The highest BCUT2D eigenvalue weighted by Crippen LogP contribution is 2.19. The first-order valence-electron chi connectivity index (χ1n) is 3.48. The molecule has 2 atom stereocenters. The summed E-state index contributed by atoms with van der Waals surface area (Å²) in [7, 11) is 1.94. The van der Waals surface area contributed by atoms with Gasteiger partial charge in [0.05, 0.1) is 18.6 Å². The van der Waals surface area contributed by atoms with Crippen LogP contribution in [0.2, 0.25) is 0 Å². The van der Waals surface area contributed by atoms with Crippen LogP contribution in [0, 0.1) is 17.2 Å². The molecule has 0 bridgehead atoms. The van der Waals surface area contributed by atoms with Crippen molar-refractivity contribution in [2.75, 3.05) is 20.2 Å². The van der Waals surface area contributed by atoms with Gasteiger partial charge in [-0.2, -0.15) is 5.26 Å². The minimum atomic E-state index is 0.127. The van der Waals surface area contributed by atoms with Crippen molar-refractivity contribution in [3.63, 3.8) is 0 Å². The number of nitrogens with zero attached hydrogens (tertiary/aromatic N) is 2. The van der Waals surface area contributed by atoms with E-state index in [2.05, 4.69) is 6.07 Å². The summed E-state index contributed by atoms with van der Waals surface area (Å²) in [6.45, 7) is 0.983. The third kappa shape index (κ3) is 1.28. The van der Waals surface area contributed by atoms with E-state index >= 15 is 0 Å². The van der Waals surface area contributed by atoms with Gasteiger partial charge in [-0.15, -0.1) is 0 Å². The summed E-state index contributed by atoms with van der Waals surface area (Å²) < 4.78 is 0. The van der Waals surface area contributed by atoms with Crippen molar-refractivity contribution in [3.05, 3.63) is 0 Å². The summed E-state index contributed by atoms with van der Waals surface area (Å²) in [6.07, 6.45) is 0.823. The maximum Gasteiger partial charge on any atom is 0.0669 e. The average Bonchev–Trinajstić information content (AvgIpc) is 2.30. The minimum Gasteiger partial charge on any atom is -0.395 e. The molecule has 0 spiro atoms. The number of aliphatic hydroxyl groups excluding tert-OH is 1. The summed E-state index contributed by atoms with van der Waals surface area (Å²) in [5, 5.41) is 17.3. The van der Waals surface area contributed by atoms with Crippen LogP contribution >= 0.6 is 0 Å². The minimum absolute atomic E-state index is 0.127. The number of likely N-dealkylation sites (N-methyl/N-ethyl adjacent to an activating group) is 1. The fraction of sp³-hybridized carbons (Fsp3) is 0.857. The molecule has 1 N–H and O–H groups in total. The molecule has 1 saturated heterocycles. The Bertz CT molecular complexity index is 152. The SMILES string of the molecule is CN1C[C@H](C#N)C[C@H]1CO. The molecule has 3 nitrogen and oxygen atoms in total. The largest absolute Gasteiger partial charge is 0.395 e. The second-order valence-corrected chi connectivity index (χ2v) is 2.84. The van der Waals surface area contributed by atoms with Crippen molar-refractivity contribution in [1.29, 1.82) is 5.26 Å². The number of rotatable bonds is 1. The van der Waals surface area contributed by atoms with E-state index in [0.717, 1.165) is 13.0 Å². The summed E-state index contributed by atoms with van der Waals surface area (Å²) in [5.41, 5.74) is 0. The zero-order valence-electron chi connectivity index (χ0n) is 6.12. The van der Waals surface area contributed by atoms with Crippen molar-refractivity contribution >= 4 is 0 Å². The average molecular weight is 140 g/mol. The quantitative estimate of drug-likeness (QED) is 0.549. The van der Waals surface area contributed by atoms with Crippen LogP contribution in [0.25, 0.3) is 0 Å². The standard InChI is InChI=1S/C7H12N2O/c1-9-4-6(3-8)2-7(9)5-10/h6-7,10H,2,4-5H2,1H3/t6-,7-/m0/s1. The maximum absolute atomic E-state index is 8.80. The zero-order chi connectivity index (χ0) is 7.56. The second kappa shape index (κ2) is 3.00. The van der Waals surface area contributed by atoms with Crippen molar-refractivity contribution in [2.45, 2.75) is 12.5 Å². The highest BCUT2D eigenvalue weighted by atomic mass is 16.3. The first-order valence-corrected chi connectivity index (χ1v) is 3.48. The Morgan fingerprint density at radius 1 is 1.80 bits per heavy atom. The predicted octanol–water partition coefficient (Wildman–Crippen LogP) is -0.177. The molecule has 10 heavy (non-hydrogen) atoms. The Balaban J connectivity index is 2.46. The predicted molar refractivity (Wildman–Crippen MR) is 37.2 cm³/mol. The van der Waals surface area contributed by atoms with Gasteiger partial charge in [-0.05, 0) is 13.5 Å². The van der Waals surface area contributed by atoms with Crippen LogP contribution in [0.4, 0.5) is 0 Å². The smallest absolute Gasteiger partial charge is 0.0669 e. The second-order valence-electron chi connectivity index (χ2n) is 2.84. The molecule has 0 aromatic rings. The van der Waals surface area contributed by atoms with Crippen molar-refractivity contribution in [3.8, 4) is 6.07 Å². The van der Waals surface area contributed by atoms with E-state index in [9.17, 15) is 0 Å². The van der Waals surface area contributed by atoms with Gasteiger partial charge >= 0.3 is 0 Å². The summed E-state index contributed by atoms with van der Waals surface area (Å²) in [6, 6.07) is 2.42. The topological polar surface area (TPSA) is 47.3 Å². The van der Waals surface area contributed by atoms with E-state index in [0.29, 0.717) is 0 Å². The van der Waals surface area contributed by atoms with Gasteiger partial charge in [0.2, 0.25) is 0 Å². The normalized spacial score (nSPS) is 34.1. The molecule has 0 saturated carbocycles. The van der Waals surface area contributed by atoms with E-state index in [1.165, 1.54) is 0 Å². The monoisotopic (exact) mass is 140 g/mol. The zero-order valence-corrected chi connectivity index (χ0v) is 6.12. The lowest BCUT2D eigenvalue weighted by Crippen LogP contribution is -2.27. The van der Waals surface area contributed by atoms with Gasteiger partial charge in [0.1, 0.15) is 0 Å². The summed E-state index contributed by atoms with van der Waals surface area (Å²) in [5.74, 6) is 0.127. The molecule has 1 aliphatic heterocycles. The van der Waals surface area contributed by atoms with E-state index in [4.69, 9.17) is 10.4 Å². The molecular formula is C7H12N2O. The molecule has 1 fully saturated rings. The molecule has 0 aliphatic carbocycles. The van der Waals surface area contributed by atoms with Crippen LogP contribution in [-0.4, -0.2) is 36.2 Å². The van der Waals surface area contributed by atoms with Gasteiger partial charge in [-0.1, -0.05) is 0 Å². The Morgan fingerprint density at radius 2 is 2.50 bits per heavy atom. The molecule has 3 heteroatoms. The van der Waals surface area contributed by atoms with Crippen LogP contribution in [0.1, 0.15) is 6.42 Å². The van der Waals surface area contributed by atoms with Crippen LogP contribution < -0.4 is 0 Å². The highest BCUT2D eigenvalue weighted by Gasteiger charge is 2.28. The Morgan fingerprint density at radius 3 is 2.80 bits per heavy atom. The van der Waals surface area contributed by atoms with E-state index in [-0.39, 0.29) is 18.6 Å². The fourth-order valence-corrected chi connectivity index (χ4v) is 1.39. The molecular weight excluding hydrogens is 128 g/mol. The third-order valence-electron chi connectivity index (χ3n) is 2.08. The number of hydrogen-bond donors (Lipinski definition) is 1. The first-order chi connectivity index (χ1) is 4.77. The highest BCUT2D eigenvalue weighted by molar-refractivity contribution is 4.94. The molecule has 1 rings (SSSR count). The molecule has 1 heterocycles. The maximum atomic E-state index is 8.80. The summed E-state index contributed by atoms with van der Waals surface area (Å²) in [4.78, 5) is 2.04. The number of nitriles is 1. The molecule has 0 radical (unpaired) electrons. The lowest BCUT2D eigenvalue weighted by atomic mass is 10.1. The van der Waals surface area contributed by atoms with Crippen LogP contribution in [0.3, 0.4) is 0 Å². The van der Waals surface area contributed by atoms with Gasteiger partial charge in [0.15, 0.2) is 0 Å². The first kappa shape index (κ1) is 7.52. The van der Waals surface area contributed by atoms with Crippen LogP contribution in [0.5, 0.6) is 0 Å². The Kier molecular flexibility index (Phi) is 2.25. The van der Waals surface area contributed by atoms with Gasteiger partial charge in [-0.25, -0.2) is 0 Å². The van der Waals surface area contributed by atoms with Gasteiger partial charge in [-0.3, -0.25) is 4.90 Å². The molecule has 0 unspecified atom stereocenters. The lowest BCUT2D eigenvalue weighted by molar-refractivity contribution is 0.182. The van der Waals surface area contributed by atoms with Crippen molar-refractivity contribution in [2.24, 2.45) is 5.92 Å². The van der Waals surface area contributed by atoms with Gasteiger partial charge < -0.3 is 5.11 Å². The van der Waals surface area contributed by atoms with Gasteiger partial charge in [0, 0.05) is 12.6 Å². The lowest BCUT2D eigenvalue weighted by Gasteiger charge is -2.14. The number of likely N-dealkylation sites (tertiary alicyclic amines) is 1. The van der Waals surface area contributed by atoms with E-state index < -0.39 is 0 Å². The summed E-state index contributed by atoms with van der Waals surface area (Å²) >= 11 is 0. The molecule has 0 amide bonds. The van der Waals surface area contributed by atoms with Gasteiger partial charge in [0.25, 0.3) is 0 Å². The van der Waals surface area contributed by atoms with E-state index in [1.807, 2.05) is 11.9 Å². The van der Waals surface area contributed by atoms with Crippen LogP contribution in [0.15, 0.2) is 0 Å². The fourth-order valence-electron chi connectivity index (χ4n) is 1.39. The molecule has 56 valence electrons. The van der Waals surface area contributed by atoms with E-state index in [1.54, 1.807) is 0 Å². The Hall–Kier alpha value is -0.590. The number of hydrogen-bond acceptors (Lipinski definition) is 3.